The highest BCUT2D eigenvalue weighted by Crippen LogP contribution is 2.30. The third-order valence-electron chi connectivity index (χ3n) is 4.08. The SMILES string of the molecule is FC(F)(P)Oc1ccc(Nc2ccccc2-c2nnn(Cc3ccncc3)n2)cc1. The normalized spacial score (nSPS) is 11.3. The van der Waals surface area contributed by atoms with Crippen LogP contribution in [0.2, 0.25) is 0 Å². The first kappa shape index (κ1) is 19.8. The van der Waals surface area contributed by atoms with Crippen molar-refractivity contribution in [3.05, 3.63) is 78.6 Å². The van der Waals surface area contributed by atoms with Crippen LogP contribution in [0.1, 0.15) is 5.56 Å². The van der Waals surface area contributed by atoms with Crippen molar-refractivity contribution in [2.75, 3.05) is 5.32 Å². The predicted molar refractivity (Wildman–Crippen MR) is 112 cm³/mol. The number of rotatable bonds is 7. The van der Waals surface area contributed by atoms with Gasteiger partial charge in [0, 0.05) is 29.3 Å². The minimum Gasteiger partial charge on any atom is -0.430 e. The molecule has 2 aromatic heterocycles. The van der Waals surface area contributed by atoms with Gasteiger partial charge in [-0.2, -0.15) is 13.6 Å². The van der Waals surface area contributed by atoms with Crippen molar-refractivity contribution in [3.8, 4) is 17.1 Å². The Balaban J connectivity index is 1.52. The van der Waals surface area contributed by atoms with Gasteiger partial charge in [0.1, 0.15) is 5.75 Å². The van der Waals surface area contributed by atoms with Gasteiger partial charge in [0.15, 0.2) is 0 Å². The zero-order valence-corrected chi connectivity index (χ0v) is 16.8. The maximum Gasteiger partial charge on any atom is 0.408 e. The van der Waals surface area contributed by atoms with E-state index in [-0.39, 0.29) is 5.75 Å². The van der Waals surface area contributed by atoms with Crippen LogP contribution in [0.4, 0.5) is 20.2 Å². The van der Waals surface area contributed by atoms with Crippen LogP contribution in [0.25, 0.3) is 11.4 Å². The molecule has 1 unspecified atom stereocenters. The number of hydrogen-bond acceptors (Lipinski definition) is 6. The molecule has 0 radical (unpaired) electrons. The number of aromatic nitrogens is 5. The monoisotopic (exact) mass is 426 g/mol. The molecule has 2 aromatic carbocycles. The molecule has 1 N–H and O–H groups in total. The van der Waals surface area contributed by atoms with Gasteiger partial charge in [-0.1, -0.05) is 12.1 Å². The quantitative estimate of drug-likeness (QED) is 0.443. The van der Waals surface area contributed by atoms with Gasteiger partial charge in [0.25, 0.3) is 0 Å². The number of ether oxygens (including phenoxy) is 1. The maximum absolute atomic E-state index is 12.9. The summed E-state index contributed by atoms with van der Waals surface area (Å²) in [4.78, 5) is 5.50. The smallest absolute Gasteiger partial charge is 0.408 e. The van der Waals surface area contributed by atoms with Crippen molar-refractivity contribution in [2.45, 2.75) is 12.4 Å². The molecule has 2 heterocycles. The second-order valence-electron chi connectivity index (χ2n) is 6.36. The number of para-hydroxylation sites is 1. The number of nitrogens with zero attached hydrogens (tertiary/aromatic N) is 5. The molecule has 152 valence electrons. The molecule has 0 saturated heterocycles. The lowest BCUT2D eigenvalue weighted by Crippen LogP contribution is -2.14. The average molecular weight is 426 g/mol. The van der Waals surface area contributed by atoms with Crippen LogP contribution >= 0.6 is 9.24 Å². The minimum atomic E-state index is -3.31. The van der Waals surface area contributed by atoms with Gasteiger partial charge in [-0.15, -0.1) is 10.2 Å². The zero-order chi connectivity index (χ0) is 21.0. The standard InChI is InChI=1S/C20H17F2N6OP/c21-20(22,30)29-16-7-5-15(6-8-16)24-18-4-2-1-3-17(18)19-25-27-28(26-19)13-14-9-11-23-12-10-14/h1-12,24H,13,30H2. The highest BCUT2D eigenvalue weighted by atomic mass is 31.0. The number of tetrazole rings is 1. The molecule has 0 aliphatic carbocycles. The number of benzene rings is 2. The number of halogens is 2. The molecule has 0 fully saturated rings. The fraction of sp³-hybridized carbons (Fsp3) is 0.100. The van der Waals surface area contributed by atoms with Gasteiger partial charge in [-0.25, -0.2) is 0 Å². The first-order valence-corrected chi connectivity index (χ1v) is 9.53. The van der Waals surface area contributed by atoms with E-state index in [1.165, 1.54) is 26.2 Å². The summed E-state index contributed by atoms with van der Waals surface area (Å²) in [7, 11) is 1.34. The number of hydrogen-bond donors (Lipinski definition) is 1. The Kier molecular flexibility index (Phi) is 5.63. The van der Waals surface area contributed by atoms with Crippen LogP contribution in [0, 0.1) is 0 Å². The largest absolute Gasteiger partial charge is 0.430 e. The van der Waals surface area contributed by atoms with E-state index >= 15 is 0 Å². The van der Waals surface area contributed by atoms with Crippen molar-refractivity contribution < 1.29 is 13.5 Å². The third-order valence-corrected chi connectivity index (χ3v) is 4.20. The van der Waals surface area contributed by atoms with Gasteiger partial charge >= 0.3 is 5.85 Å². The second-order valence-corrected chi connectivity index (χ2v) is 7.03. The molecular formula is C20H17F2N6OP. The number of nitrogens with one attached hydrogen (secondary N) is 1. The van der Waals surface area contributed by atoms with Gasteiger partial charge in [-0.3, -0.25) is 4.98 Å². The Bertz CT molecular complexity index is 1120. The molecule has 4 aromatic rings. The van der Waals surface area contributed by atoms with E-state index in [0.29, 0.717) is 18.1 Å². The van der Waals surface area contributed by atoms with E-state index in [0.717, 1.165) is 16.8 Å². The fourth-order valence-electron chi connectivity index (χ4n) is 2.78. The molecule has 0 bridgehead atoms. The van der Waals surface area contributed by atoms with Crippen LogP contribution in [-0.2, 0) is 6.54 Å². The Morgan fingerprint density at radius 2 is 1.73 bits per heavy atom. The molecule has 7 nitrogen and oxygen atoms in total. The molecule has 4 rings (SSSR count). The summed E-state index contributed by atoms with van der Waals surface area (Å²) in [6, 6.07) is 17.5. The Labute approximate surface area is 173 Å². The van der Waals surface area contributed by atoms with Crippen molar-refractivity contribution in [2.24, 2.45) is 0 Å². The summed E-state index contributed by atoms with van der Waals surface area (Å²) in [6.07, 6.45) is 3.42. The Morgan fingerprint density at radius 3 is 2.47 bits per heavy atom. The number of pyridine rings is 1. The number of alkyl halides is 2. The van der Waals surface area contributed by atoms with Crippen molar-refractivity contribution in [3.63, 3.8) is 0 Å². The molecule has 0 aliphatic rings. The molecular weight excluding hydrogens is 409 g/mol. The molecule has 30 heavy (non-hydrogen) atoms. The molecule has 0 aliphatic heterocycles. The third kappa shape index (κ3) is 5.12. The van der Waals surface area contributed by atoms with Crippen molar-refractivity contribution in [1.82, 2.24) is 25.2 Å². The zero-order valence-electron chi connectivity index (χ0n) is 15.6. The van der Waals surface area contributed by atoms with Gasteiger partial charge in [0.05, 0.1) is 6.54 Å². The highest BCUT2D eigenvalue weighted by molar-refractivity contribution is 7.17. The van der Waals surface area contributed by atoms with Crippen LogP contribution in [0.3, 0.4) is 0 Å². The van der Waals surface area contributed by atoms with E-state index in [9.17, 15) is 8.78 Å². The lowest BCUT2D eigenvalue weighted by molar-refractivity contribution is -0.0892. The van der Waals surface area contributed by atoms with E-state index in [1.807, 2.05) is 36.4 Å². The fourth-order valence-corrected chi connectivity index (χ4v) is 2.91. The van der Waals surface area contributed by atoms with Crippen molar-refractivity contribution in [1.29, 1.82) is 0 Å². The summed E-state index contributed by atoms with van der Waals surface area (Å²) in [6.45, 7) is 0.479. The first-order chi connectivity index (χ1) is 14.5. The number of anilines is 2. The topological polar surface area (TPSA) is 77.8 Å². The van der Waals surface area contributed by atoms with E-state index < -0.39 is 5.85 Å². The summed E-state index contributed by atoms with van der Waals surface area (Å²) >= 11 is 0. The summed E-state index contributed by atoms with van der Waals surface area (Å²) in [5, 5.41) is 16.0. The maximum atomic E-state index is 12.9. The Hall–Kier alpha value is -3.45. The van der Waals surface area contributed by atoms with E-state index in [1.54, 1.807) is 24.5 Å². The Morgan fingerprint density at radius 1 is 1.00 bits per heavy atom. The highest BCUT2D eigenvalue weighted by Gasteiger charge is 2.23. The lowest BCUT2D eigenvalue weighted by atomic mass is 10.1. The molecule has 1 atom stereocenters. The van der Waals surface area contributed by atoms with Gasteiger partial charge in [0.2, 0.25) is 5.82 Å². The lowest BCUT2D eigenvalue weighted by Gasteiger charge is -2.14. The van der Waals surface area contributed by atoms with Crippen LogP contribution in [-0.4, -0.2) is 31.0 Å². The van der Waals surface area contributed by atoms with Gasteiger partial charge < -0.3 is 10.1 Å². The molecule has 0 amide bonds. The summed E-state index contributed by atoms with van der Waals surface area (Å²) in [5.41, 5.74) is 3.23. The average Bonchev–Trinajstić information content (AvgIpc) is 3.18. The molecule has 0 spiro atoms. The second kappa shape index (κ2) is 8.51. The summed E-state index contributed by atoms with van der Waals surface area (Å²) < 4.78 is 30.4. The molecule has 10 heteroatoms. The van der Waals surface area contributed by atoms with Crippen LogP contribution < -0.4 is 10.1 Å². The van der Waals surface area contributed by atoms with Gasteiger partial charge in [-0.05, 0) is 68.5 Å². The van der Waals surface area contributed by atoms with E-state index in [4.69, 9.17) is 0 Å². The van der Waals surface area contributed by atoms with Crippen LogP contribution in [0.15, 0.2) is 73.1 Å². The predicted octanol–water partition coefficient (Wildman–Crippen LogP) is 4.33. The first-order valence-electron chi connectivity index (χ1n) is 8.95. The van der Waals surface area contributed by atoms with Crippen LogP contribution in [0.5, 0.6) is 5.75 Å². The minimum absolute atomic E-state index is 0.0644. The molecule has 0 saturated carbocycles. The van der Waals surface area contributed by atoms with Crippen molar-refractivity contribution >= 4 is 20.6 Å². The summed E-state index contributed by atoms with van der Waals surface area (Å²) in [5.74, 6) is -2.78. The van der Waals surface area contributed by atoms with E-state index in [2.05, 4.69) is 30.4 Å².